The van der Waals surface area contributed by atoms with Gasteiger partial charge in [-0.1, -0.05) is 11.8 Å². The number of rotatable bonds is 4. The van der Waals surface area contributed by atoms with Crippen LogP contribution in [0.1, 0.15) is 6.92 Å². The summed E-state index contributed by atoms with van der Waals surface area (Å²) in [6.07, 6.45) is 3.34. The predicted molar refractivity (Wildman–Crippen MR) is 74.3 cm³/mol. The van der Waals surface area contributed by atoms with Crippen molar-refractivity contribution in [1.29, 1.82) is 0 Å². The largest absolute Gasteiger partial charge is 0.549 e. The zero-order chi connectivity index (χ0) is 14.8. The molecule has 8 heteroatoms. The van der Waals surface area contributed by atoms with Crippen molar-refractivity contribution >= 4 is 23.4 Å². The zero-order valence-electron chi connectivity index (χ0n) is 11.0. The van der Waals surface area contributed by atoms with Crippen LogP contribution in [0.5, 0.6) is 0 Å². The van der Waals surface area contributed by atoms with Crippen LogP contribution in [0.25, 0.3) is 17.0 Å². The van der Waals surface area contributed by atoms with E-state index in [9.17, 15) is 9.90 Å². The maximum absolute atomic E-state index is 10.8. The van der Waals surface area contributed by atoms with E-state index in [0.29, 0.717) is 16.5 Å². The number of carbonyl (C=O) groups is 1. The van der Waals surface area contributed by atoms with E-state index in [1.54, 1.807) is 42.0 Å². The SMILES string of the molecule is C[C@@H](Sc1ccc2nnc(-c3cccnc3)n2n1)C(=O)[O-]. The van der Waals surface area contributed by atoms with E-state index in [1.807, 2.05) is 6.07 Å². The molecule has 21 heavy (non-hydrogen) atoms. The molecular weight excluding hydrogens is 290 g/mol. The molecule has 0 aliphatic rings. The maximum Gasteiger partial charge on any atom is 0.186 e. The van der Waals surface area contributed by atoms with Crippen molar-refractivity contribution < 1.29 is 9.90 Å². The van der Waals surface area contributed by atoms with Gasteiger partial charge in [0.05, 0.1) is 5.97 Å². The Balaban J connectivity index is 2.02. The highest BCUT2D eigenvalue weighted by Crippen LogP contribution is 2.22. The number of aliphatic carboxylic acids is 1. The first-order chi connectivity index (χ1) is 10.1. The minimum absolute atomic E-state index is 0.557. The zero-order valence-corrected chi connectivity index (χ0v) is 11.8. The van der Waals surface area contributed by atoms with Gasteiger partial charge in [0.25, 0.3) is 0 Å². The highest BCUT2D eigenvalue weighted by Gasteiger charge is 2.12. The van der Waals surface area contributed by atoms with Crippen molar-refractivity contribution in [1.82, 2.24) is 24.8 Å². The van der Waals surface area contributed by atoms with Gasteiger partial charge in [0.2, 0.25) is 0 Å². The van der Waals surface area contributed by atoms with E-state index in [-0.39, 0.29) is 0 Å². The first-order valence-electron chi connectivity index (χ1n) is 6.15. The number of aromatic nitrogens is 5. The third-order valence-corrected chi connectivity index (χ3v) is 3.79. The van der Waals surface area contributed by atoms with Gasteiger partial charge in [0, 0.05) is 23.2 Å². The monoisotopic (exact) mass is 300 g/mol. The Kier molecular flexibility index (Phi) is 3.53. The minimum Gasteiger partial charge on any atom is -0.549 e. The average Bonchev–Trinajstić information content (AvgIpc) is 2.91. The van der Waals surface area contributed by atoms with Gasteiger partial charge >= 0.3 is 0 Å². The molecule has 0 saturated heterocycles. The van der Waals surface area contributed by atoms with Gasteiger partial charge in [0.15, 0.2) is 11.5 Å². The van der Waals surface area contributed by atoms with Crippen molar-refractivity contribution in [3.63, 3.8) is 0 Å². The Morgan fingerprint density at radius 1 is 1.33 bits per heavy atom. The second-order valence-electron chi connectivity index (χ2n) is 4.29. The molecular formula is C13H10N5O2S-. The van der Waals surface area contributed by atoms with Crippen LogP contribution in [0.4, 0.5) is 0 Å². The van der Waals surface area contributed by atoms with E-state index in [0.717, 1.165) is 17.3 Å². The number of hydrogen-bond acceptors (Lipinski definition) is 7. The molecule has 0 radical (unpaired) electrons. The van der Waals surface area contributed by atoms with E-state index < -0.39 is 11.2 Å². The van der Waals surface area contributed by atoms with Crippen LogP contribution in [-0.2, 0) is 4.79 Å². The Morgan fingerprint density at radius 2 is 2.19 bits per heavy atom. The Bertz CT molecular complexity index is 790. The smallest absolute Gasteiger partial charge is 0.186 e. The number of pyridine rings is 1. The van der Waals surface area contributed by atoms with Crippen LogP contribution in [0.2, 0.25) is 0 Å². The summed E-state index contributed by atoms with van der Waals surface area (Å²) >= 11 is 1.11. The number of carboxylic acid groups (broad SMARTS) is 1. The van der Waals surface area contributed by atoms with Crippen molar-refractivity contribution in [2.75, 3.05) is 0 Å². The lowest BCUT2D eigenvalue weighted by molar-refractivity contribution is -0.304. The van der Waals surface area contributed by atoms with E-state index in [2.05, 4.69) is 20.3 Å². The van der Waals surface area contributed by atoms with Crippen LogP contribution in [0.3, 0.4) is 0 Å². The van der Waals surface area contributed by atoms with Crippen LogP contribution in [0, 0.1) is 0 Å². The van der Waals surface area contributed by atoms with Gasteiger partial charge in [0.1, 0.15) is 5.03 Å². The van der Waals surface area contributed by atoms with E-state index in [4.69, 9.17) is 0 Å². The van der Waals surface area contributed by atoms with Crippen molar-refractivity contribution in [3.05, 3.63) is 36.7 Å². The Labute approximate surface area is 124 Å². The fraction of sp³-hybridized carbons (Fsp3) is 0.154. The van der Waals surface area contributed by atoms with Gasteiger partial charge in [-0.2, -0.15) is 9.61 Å². The summed E-state index contributed by atoms with van der Waals surface area (Å²) in [5.74, 6) is -0.570. The number of hydrogen-bond donors (Lipinski definition) is 0. The number of nitrogens with zero attached hydrogens (tertiary/aromatic N) is 5. The normalized spacial score (nSPS) is 12.4. The van der Waals surface area contributed by atoms with Crippen molar-refractivity contribution in [2.24, 2.45) is 0 Å². The highest BCUT2D eigenvalue weighted by atomic mass is 32.2. The predicted octanol–water partition coefficient (Wildman–Crippen LogP) is 0.417. The summed E-state index contributed by atoms with van der Waals surface area (Å²) in [6.45, 7) is 1.56. The minimum atomic E-state index is -1.13. The van der Waals surface area contributed by atoms with Crippen molar-refractivity contribution in [3.8, 4) is 11.4 Å². The molecule has 0 aromatic carbocycles. The van der Waals surface area contributed by atoms with Crippen molar-refractivity contribution in [2.45, 2.75) is 17.2 Å². The molecule has 0 unspecified atom stereocenters. The van der Waals surface area contributed by atoms with Gasteiger partial charge in [-0.15, -0.1) is 10.2 Å². The molecule has 106 valence electrons. The summed E-state index contributed by atoms with van der Waals surface area (Å²) in [7, 11) is 0. The molecule has 7 nitrogen and oxygen atoms in total. The lowest BCUT2D eigenvalue weighted by atomic mass is 10.3. The van der Waals surface area contributed by atoms with Gasteiger partial charge in [-0.05, 0) is 31.2 Å². The first-order valence-corrected chi connectivity index (χ1v) is 7.03. The van der Waals surface area contributed by atoms with Gasteiger partial charge in [-0.3, -0.25) is 4.98 Å². The lowest BCUT2D eigenvalue weighted by Crippen LogP contribution is -2.31. The molecule has 0 saturated carbocycles. The first kappa shape index (κ1) is 13.5. The second-order valence-corrected chi connectivity index (χ2v) is 5.65. The molecule has 0 amide bonds. The maximum atomic E-state index is 10.8. The van der Waals surface area contributed by atoms with Gasteiger partial charge in [-0.25, -0.2) is 0 Å². The summed E-state index contributed by atoms with van der Waals surface area (Å²) in [5, 5.41) is 23.2. The highest BCUT2D eigenvalue weighted by molar-refractivity contribution is 8.00. The number of thioether (sulfide) groups is 1. The molecule has 3 aromatic heterocycles. The van der Waals surface area contributed by atoms with E-state index in [1.165, 1.54) is 0 Å². The average molecular weight is 300 g/mol. The molecule has 0 spiro atoms. The fourth-order valence-electron chi connectivity index (χ4n) is 1.74. The lowest BCUT2D eigenvalue weighted by Gasteiger charge is -2.11. The van der Waals surface area contributed by atoms with Crippen LogP contribution in [0.15, 0.2) is 41.7 Å². The second kappa shape index (κ2) is 5.49. The summed E-state index contributed by atoms with van der Waals surface area (Å²) in [5.41, 5.74) is 1.37. The molecule has 3 heterocycles. The molecule has 3 aromatic rings. The van der Waals surface area contributed by atoms with Crippen LogP contribution >= 0.6 is 11.8 Å². The summed E-state index contributed by atoms with van der Waals surface area (Å²) < 4.78 is 1.57. The summed E-state index contributed by atoms with van der Waals surface area (Å²) in [6, 6.07) is 7.10. The molecule has 0 bridgehead atoms. The third kappa shape index (κ3) is 2.70. The topological polar surface area (TPSA) is 96.1 Å². The molecule has 0 aliphatic heterocycles. The molecule has 1 atom stereocenters. The molecule has 3 rings (SSSR count). The summed E-state index contributed by atoms with van der Waals surface area (Å²) in [4.78, 5) is 14.8. The number of carboxylic acids is 1. The van der Waals surface area contributed by atoms with Crippen LogP contribution < -0.4 is 5.11 Å². The number of carbonyl (C=O) groups excluding carboxylic acids is 1. The fourth-order valence-corrected chi connectivity index (χ4v) is 2.47. The quantitative estimate of drug-likeness (QED) is 0.644. The number of fused-ring (bicyclic) bond motifs is 1. The van der Waals surface area contributed by atoms with Crippen LogP contribution in [-0.4, -0.2) is 36.0 Å². The van der Waals surface area contributed by atoms with E-state index >= 15 is 0 Å². The molecule has 0 fully saturated rings. The molecule has 0 aliphatic carbocycles. The molecule has 0 N–H and O–H groups in total. The Hall–Kier alpha value is -2.48. The Morgan fingerprint density at radius 3 is 2.90 bits per heavy atom. The van der Waals surface area contributed by atoms with Gasteiger partial charge < -0.3 is 9.90 Å². The third-order valence-electron chi connectivity index (χ3n) is 2.79. The standard InChI is InChI=1S/C13H11N5O2S/c1-8(13(19)20)21-11-5-4-10-15-16-12(18(10)17-11)9-3-2-6-14-7-9/h2-8H,1H3,(H,19,20)/p-1/t8-/m1/s1.